The minimum atomic E-state index is -0.124. The maximum absolute atomic E-state index is 6.67. The van der Waals surface area contributed by atoms with Gasteiger partial charge < -0.3 is 9.30 Å². The van der Waals surface area contributed by atoms with Gasteiger partial charge in [0.15, 0.2) is 0 Å². The third-order valence-corrected chi connectivity index (χ3v) is 9.46. The summed E-state index contributed by atoms with van der Waals surface area (Å²) in [5.74, 6) is 2.11. The van der Waals surface area contributed by atoms with Crippen LogP contribution in [-0.2, 0) is 38.3 Å². The Kier molecular flexibility index (Phi) is 9.43. The van der Waals surface area contributed by atoms with Gasteiger partial charge in [-0.15, -0.1) is 41.3 Å². The van der Waals surface area contributed by atoms with Crippen molar-refractivity contribution in [1.29, 1.82) is 0 Å². The molecule has 0 radical (unpaired) electrons. The van der Waals surface area contributed by atoms with Gasteiger partial charge in [-0.05, 0) is 77.1 Å². The van der Waals surface area contributed by atoms with Gasteiger partial charge in [0.05, 0.1) is 5.69 Å². The Labute approximate surface area is 310 Å². The third-order valence-electron chi connectivity index (χ3n) is 9.46. The summed E-state index contributed by atoms with van der Waals surface area (Å²) in [5.41, 5.74) is 10.7. The van der Waals surface area contributed by atoms with Crippen LogP contribution < -0.4 is 4.74 Å². The van der Waals surface area contributed by atoms with Crippen LogP contribution in [0.1, 0.15) is 76.5 Å². The molecule has 0 saturated carbocycles. The van der Waals surface area contributed by atoms with E-state index in [2.05, 4.69) is 152 Å². The quantitative estimate of drug-likeness (QED) is 0.157. The summed E-state index contributed by atoms with van der Waals surface area (Å²) in [7, 11) is 0. The van der Waals surface area contributed by atoms with Gasteiger partial charge in [0, 0.05) is 34.5 Å². The van der Waals surface area contributed by atoms with E-state index in [9.17, 15) is 0 Å². The van der Waals surface area contributed by atoms with E-state index in [0.29, 0.717) is 11.5 Å². The first-order valence-corrected chi connectivity index (χ1v) is 17.2. The second-order valence-corrected chi connectivity index (χ2v) is 15.1. The van der Waals surface area contributed by atoms with Crippen molar-refractivity contribution in [3.63, 3.8) is 0 Å². The summed E-state index contributed by atoms with van der Waals surface area (Å²) >= 11 is 0. The molecule has 50 heavy (non-hydrogen) atoms. The van der Waals surface area contributed by atoms with E-state index in [1.807, 2.05) is 23.0 Å². The number of hydrogen-bond acceptors (Lipinski definition) is 3. The number of nitrogens with zero attached hydrogens (tertiary/aromatic N) is 4. The van der Waals surface area contributed by atoms with Crippen LogP contribution in [0.5, 0.6) is 11.5 Å². The molecule has 0 aliphatic rings. The molecule has 4 aromatic carbocycles. The van der Waals surface area contributed by atoms with Crippen molar-refractivity contribution in [2.75, 3.05) is 0 Å². The molecule has 0 atom stereocenters. The van der Waals surface area contributed by atoms with Crippen molar-refractivity contribution < 1.29 is 25.8 Å². The number of benzene rings is 4. The van der Waals surface area contributed by atoms with Gasteiger partial charge in [0.1, 0.15) is 5.82 Å². The second-order valence-electron chi connectivity index (χ2n) is 15.1. The molecule has 6 heteroatoms. The molecule has 7 aromatic rings. The van der Waals surface area contributed by atoms with E-state index in [1.54, 1.807) is 0 Å². The van der Waals surface area contributed by atoms with Crippen LogP contribution in [0.4, 0.5) is 0 Å². The summed E-state index contributed by atoms with van der Waals surface area (Å²) in [6, 6.07) is 37.1. The van der Waals surface area contributed by atoms with Crippen molar-refractivity contribution in [3.05, 3.63) is 131 Å². The molecule has 0 fully saturated rings. The molecule has 0 bridgehead atoms. The number of rotatable bonds is 6. The number of ether oxygens (including phenoxy) is 1. The molecule has 0 saturated heterocycles. The van der Waals surface area contributed by atoms with E-state index < -0.39 is 0 Å². The Bertz CT molecular complexity index is 2340. The fraction of sp³-hybridized carbons (Fsp3) is 0.273. The number of fused-ring (bicyclic) bond motifs is 3. The maximum atomic E-state index is 6.67. The van der Waals surface area contributed by atoms with Crippen molar-refractivity contribution in [2.45, 2.75) is 79.6 Å². The summed E-state index contributed by atoms with van der Waals surface area (Å²) < 4.78 is 10.9. The van der Waals surface area contributed by atoms with Crippen LogP contribution >= 0.6 is 0 Å². The van der Waals surface area contributed by atoms with Gasteiger partial charge in [-0.2, -0.15) is 11.2 Å². The normalized spacial score (nSPS) is 12.0. The van der Waals surface area contributed by atoms with E-state index >= 15 is 0 Å². The molecule has 0 N–H and O–H groups in total. The van der Waals surface area contributed by atoms with Crippen molar-refractivity contribution >= 4 is 21.8 Å². The first kappa shape index (κ1) is 35.4. The fourth-order valence-electron chi connectivity index (χ4n) is 6.65. The van der Waals surface area contributed by atoms with E-state index in [4.69, 9.17) is 14.8 Å². The minimum absolute atomic E-state index is 0. The summed E-state index contributed by atoms with van der Waals surface area (Å²) in [6.45, 7) is 19.7. The molecular formula is C44H44N4OPt. The predicted molar refractivity (Wildman–Crippen MR) is 202 cm³/mol. The molecule has 256 valence electrons. The molecule has 0 spiro atoms. The van der Waals surface area contributed by atoms with Crippen molar-refractivity contribution in [1.82, 2.24) is 19.3 Å². The first-order chi connectivity index (χ1) is 23.3. The van der Waals surface area contributed by atoms with Gasteiger partial charge in [-0.3, -0.25) is 4.68 Å². The number of hydrogen-bond donors (Lipinski definition) is 0. The molecule has 3 aromatic heterocycles. The predicted octanol–water partition coefficient (Wildman–Crippen LogP) is 11.2. The molecule has 0 aliphatic carbocycles. The zero-order chi connectivity index (χ0) is 34.7. The summed E-state index contributed by atoms with van der Waals surface area (Å²) in [6.07, 6.45) is 2.88. The van der Waals surface area contributed by atoms with Gasteiger partial charge in [-0.25, -0.2) is 4.98 Å². The average Bonchev–Trinajstić information content (AvgIpc) is 3.56. The summed E-state index contributed by atoms with van der Waals surface area (Å²) in [5, 5.41) is 7.29. The van der Waals surface area contributed by atoms with E-state index in [-0.39, 0.29) is 31.9 Å². The van der Waals surface area contributed by atoms with Crippen LogP contribution in [0.25, 0.3) is 44.4 Å². The van der Waals surface area contributed by atoms with Gasteiger partial charge >= 0.3 is 21.1 Å². The molecule has 7 rings (SSSR count). The topological polar surface area (TPSA) is 44.9 Å². The third kappa shape index (κ3) is 6.56. The smallest absolute Gasteiger partial charge is 0.509 e. The Morgan fingerprint density at radius 2 is 1.48 bits per heavy atom. The fourth-order valence-corrected chi connectivity index (χ4v) is 6.65. The van der Waals surface area contributed by atoms with Crippen molar-refractivity contribution in [3.8, 4) is 34.1 Å². The molecule has 5 nitrogen and oxygen atoms in total. The minimum Gasteiger partial charge on any atom is -0.509 e. The SMILES string of the molecule is CCc1ccc2c(c1)c1ccc(Oc3[c-]c(-n4nc(C)c(-c5ccccc5)c4C)cc(C(C)(C)C)c3)[c-]c1n2-c1cc(C(C)(C)C)ccn1.[Pt+2]. The van der Waals surface area contributed by atoms with Crippen LogP contribution in [0.2, 0.25) is 0 Å². The Morgan fingerprint density at radius 1 is 0.740 bits per heavy atom. The zero-order valence-corrected chi connectivity index (χ0v) is 32.7. The van der Waals surface area contributed by atoms with Gasteiger partial charge in [0.25, 0.3) is 0 Å². The van der Waals surface area contributed by atoms with Crippen LogP contribution in [0.3, 0.4) is 0 Å². The number of pyridine rings is 1. The van der Waals surface area contributed by atoms with E-state index in [0.717, 1.165) is 62.4 Å². The first-order valence-electron chi connectivity index (χ1n) is 17.2. The number of aromatic nitrogens is 4. The summed E-state index contributed by atoms with van der Waals surface area (Å²) in [4.78, 5) is 4.86. The van der Waals surface area contributed by atoms with Crippen LogP contribution in [-0.4, -0.2) is 19.3 Å². The second kappa shape index (κ2) is 13.3. The largest absolute Gasteiger partial charge is 2.00 e. The zero-order valence-electron chi connectivity index (χ0n) is 30.4. The standard InChI is InChI=1S/C44H44N4O.Pt/c1-10-30-16-19-39-38(22-30)37-18-17-35(27-40(37)47(39)41-25-32(20-21-45-41)43(4,5)6)49-36-24-33(44(7,8)9)23-34(26-36)48-29(3)42(28(2)46-48)31-14-12-11-13-15-31;/h11-25H,10H2,1-9H3;/q-2;+2. The number of aryl methyl sites for hydroxylation is 2. The Morgan fingerprint density at radius 3 is 2.18 bits per heavy atom. The maximum Gasteiger partial charge on any atom is 2.00 e. The Hall–Kier alpha value is -4.47. The molecular weight excluding hydrogens is 796 g/mol. The van der Waals surface area contributed by atoms with Crippen molar-refractivity contribution in [2.24, 2.45) is 0 Å². The van der Waals surface area contributed by atoms with E-state index in [1.165, 1.54) is 16.5 Å². The average molecular weight is 840 g/mol. The van der Waals surface area contributed by atoms with Crippen LogP contribution in [0.15, 0.2) is 91.1 Å². The molecule has 0 aliphatic heterocycles. The molecule has 0 unspecified atom stereocenters. The molecule has 0 amide bonds. The Balaban J connectivity index is 0.00000432. The van der Waals surface area contributed by atoms with Gasteiger partial charge in [0.2, 0.25) is 0 Å². The monoisotopic (exact) mass is 839 g/mol. The molecule has 3 heterocycles. The van der Waals surface area contributed by atoms with Gasteiger partial charge in [-0.1, -0.05) is 96.4 Å². The van der Waals surface area contributed by atoms with Crippen LogP contribution in [0, 0.1) is 26.0 Å².